The summed E-state index contributed by atoms with van der Waals surface area (Å²) in [7, 11) is 0. The Labute approximate surface area is 110 Å². The molecule has 1 aromatic carbocycles. The van der Waals surface area contributed by atoms with Gasteiger partial charge in [0, 0.05) is 12.0 Å². The molecule has 1 aliphatic carbocycles. The number of benzene rings is 1. The Morgan fingerprint density at radius 2 is 2.06 bits per heavy atom. The van der Waals surface area contributed by atoms with Gasteiger partial charge in [-0.2, -0.15) is 0 Å². The minimum Gasteiger partial charge on any atom is -0.330 e. The number of rotatable bonds is 6. The van der Waals surface area contributed by atoms with Crippen LogP contribution in [0.2, 0.25) is 0 Å². The Kier molecular flexibility index (Phi) is 4.54. The summed E-state index contributed by atoms with van der Waals surface area (Å²) in [4.78, 5) is 12.1. The molecule has 1 aliphatic rings. The molecule has 0 amide bonds. The van der Waals surface area contributed by atoms with Gasteiger partial charge in [0.05, 0.1) is 0 Å². The third kappa shape index (κ3) is 3.20. The first kappa shape index (κ1) is 13.3. The Morgan fingerprint density at radius 3 is 2.83 bits per heavy atom. The van der Waals surface area contributed by atoms with Crippen LogP contribution in [-0.2, 0) is 12.8 Å². The molecule has 0 aromatic heterocycles. The summed E-state index contributed by atoms with van der Waals surface area (Å²) in [5.74, 6) is 0.835. The van der Waals surface area contributed by atoms with Crippen LogP contribution in [0.5, 0.6) is 0 Å². The maximum Gasteiger partial charge on any atom is 0.162 e. The van der Waals surface area contributed by atoms with Gasteiger partial charge in [-0.05, 0) is 61.8 Å². The monoisotopic (exact) mass is 245 g/mol. The highest BCUT2D eigenvalue weighted by atomic mass is 16.1. The average molecular weight is 245 g/mol. The minimum absolute atomic E-state index is 0.286. The van der Waals surface area contributed by atoms with E-state index in [1.165, 1.54) is 24.0 Å². The lowest BCUT2D eigenvalue weighted by atomic mass is 9.96. The van der Waals surface area contributed by atoms with E-state index < -0.39 is 0 Å². The Morgan fingerprint density at radius 1 is 1.28 bits per heavy atom. The van der Waals surface area contributed by atoms with Crippen molar-refractivity contribution >= 4 is 5.78 Å². The van der Waals surface area contributed by atoms with Crippen LogP contribution >= 0.6 is 0 Å². The second-order valence-corrected chi connectivity index (χ2v) is 5.48. The predicted octanol–water partition coefficient (Wildman–Crippen LogP) is 3.12. The van der Waals surface area contributed by atoms with E-state index in [4.69, 9.17) is 5.73 Å². The van der Waals surface area contributed by atoms with E-state index in [0.717, 1.165) is 24.8 Å². The van der Waals surface area contributed by atoms with Crippen LogP contribution in [0.15, 0.2) is 18.2 Å². The third-order valence-electron chi connectivity index (χ3n) is 3.94. The lowest BCUT2D eigenvalue weighted by molar-refractivity contribution is 0.0974. The zero-order chi connectivity index (χ0) is 13.0. The lowest BCUT2D eigenvalue weighted by Gasteiger charge is -2.09. The Bertz CT molecular complexity index is 425. The average Bonchev–Trinajstić information content (AvgIpc) is 2.83. The molecule has 18 heavy (non-hydrogen) atoms. The Balaban J connectivity index is 1.93. The van der Waals surface area contributed by atoms with Gasteiger partial charge in [-0.3, -0.25) is 4.79 Å². The van der Waals surface area contributed by atoms with Gasteiger partial charge in [0.1, 0.15) is 0 Å². The molecular formula is C16H23NO. The van der Waals surface area contributed by atoms with Crippen LogP contribution in [0.4, 0.5) is 0 Å². The molecular weight excluding hydrogens is 222 g/mol. The molecule has 2 rings (SSSR count). The second-order valence-electron chi connectivity index (χ2n) is 5.48. The van der Waals surface area contributed by atoms with Gasteiger partial charge in [-0.15, -0.1) is 0 Å². The molecule has 0 spiro atoms. The van der Waals surface area contributed by atoms with Crippen molar-refractivity contribution in [1.29, 1.82) is 0 Å². The number of carbonyl (C=O) groups is 1. The summed E-state index contributed by atoms with van der Waals surface area (Å²) in [5, 5.41) is 0. The van der Waals surface area contributed by atoms with E-state index >= 15 is 0 Å². The Hall–Kier alpha value is -1.15. The van der Waals surface area contributed by atoms with Crippen LogP contribution in [-0.4, -0.2) is 12.3 Å². The summed E-state index contributed by atoms with van der Waals surface area (Å²) >= 11 is 0. The van der Waals surface area contributed by atoms with Crippen molar-refractivity contribution in [2.24, 2.45) is 11.7 Å². The molecule has 0 heterocycles. The van der Waals surface area contributed by atoms with Crippen LogP contribution in [0.3, 0.4) is 0 Å². The summed E-state index contributed by atoms with van der Waals surface area (Å²) in [5.41, 5.74) is 9.24. The number of fused-ring (bicyclic) bond motifs is 1. The zero-order valence-corrected chi connectivity index (χ0v) is 11.2. The van der Waals surface area contributed by atoms with Crippen molar-refractivity contribution in [3.05, 3.63) is 34.9 Å². The first-order chi connectivity index (χ1) is 8.70. The fraction of sp³-hybridized carbons (Fsp3) is 0.562. The number of carbonyl (C=O) groups excluding carboxylic acids is 1. The molecule has 0 aliphatic heterocycles. The number of ketones is 1. The quantitative estimate of drug-likeness (QED) is 0.782. The van der Waals surface area contributed by atoms with Crippen LogP contribution < -0.4 is 5.73 Å². The third-order valence-corrected chi connectivity index (χ3v) is 3.94. The largest absolute Gasteiger partial charge is 0.330 e. The highest BCUT2D eigenvalue weighted by molar-refractivity contribution is 5.96. The number of hydrogen-bond acceptors (Lipinski definition) is 2. The second kappa shape index (κ2) is 6.14. The molecule has 0 radical (unpaired) electrons. The zero-order valence-electron chi connectivity index (χ0n) is 11.2. The standard InChI is InChI=1S/C16H23NO/c1-12(9-10-17)5-8-16(18)15-7-6-13-3-2-4-14(13)11-15/h6-7,11-12H,2-5,8-10,17H2,1H3. The number of hydrogen-bond donors (Lipinski definition) is 1. The highest BCUT2D eigenvalue weighted by Gasteiger charge is 2.14. The molecule has 0 saturated carbocycles. The van der Waals surface area contributed by atoms with Crippen molar-refractivity contribution in [1.82, 2.24) is 0 Å². The van der Waals surface area contributed by atoms with E-state index in [9.17, 15) is 4.79 Å². The molecule has 2 nitrogen and oxygen atoms in total. The summed E-state index contributed by atoms with van der Waals surface area (Å²) in [6.07, 6.45) is 6.17. The number of aryl methyl sites for hydroxylation is 2. The maximum atomic E-state index is 12.1. The molecule has 0 fully saturated rings. The molecule has 1 aromatic rings. The van der Waals surface area contributed by atoms with Crippen molar-refractivity contribution < 1.29 is 4.79 Å². The van der Waals surface area contributed by atoms with E-state index in [1.54, 1.807) is 0 Å². The van der Waals surface area contributed by atoms with Crippen molar-refractivity contribution in [3.8, 4) is 0 Å². The van der Waals surface area contributed by atoms with Crippen molar-refractivity contribution in [2.45, 2.75) is 45.4 Å². The summed E-state index contributed by atoms with van der Waals surface area (Å²) in [6.45, 7) is 2.89. The topological polar surface area (TPSA) is 43.1 Å². The number of Topliss-reactive ketones (excluding diaryl/α,β-unsaturated/α-hetero) is 1. The van der Waals surface area contributed by atoms with Gasteiger partial charge in [0.2, 0.25) is 0 Å². The van der Waals surface area contributed by atoms with Gasteiger partial charge >= 0.3 is 0 Å². The number of nitrogens with two attached hydrogens (primary N) is 1. The van der Waals surface area contributed by atoms with Crippen molar-refractivity contribution in [2.75, 3.05) is 6.54 Å². The molecule has 2 heteroatoms. The normalized spacial score (nSPS) is 15.4. The maximum absolute atomic E-state index is 12.1. The van der Waals surface area contributed by atoms with Crippen LogP contribution in [0.25, 0.3) is 0 Å². The van der Waals surface area contributed by atoms with E-state index in [0.29, 0.717) is 18.9 Å². The molecule has 0 bridgehead atoms. The van der Waals surface area contributed by atoms with Gasteiger partial charge < -0.3 is 5.73 Å². The van der Waals surface area contributed by atoms with E-state index in [-0.39, 0.29) is 5.78 Å². The van der Waals surface area contributed by atoms with Gasteiger partial charge in [0.15, 0.2) is 5.78 Å². The first-order valence-electron chi connectivity index (χ1n) is 7.05. The summed E-state index contributed by atoms with van der Waals surface area (Å²) in [6, 6.07) is 6.25. The molecule has 1 unspecified atom stereocenters. The predicted molar refractivity (Wildman–Crippen MR) is 74.9 cm³/mol. The van der Waals surface area contributed by atoms with E-state index in [2.05, 4.69) is 19.1 Å². The molecule has 0 saturated heterocycles. The summed E-state index contributed by atoms with van der Waals surface area (Å²) < 4.78 is 0. The first-order valence-corrected chi connectivity index (χ1v) is 7.05. The van der Waals surface area contributed by atoms with Gasteiger partial charge in [-0.1, -0.05) is 19.1 Å². The van der Waals surface area contributed by atoms with Crippen molar-refractivity contribution in [3.63, 3.8) is 0 Å². The van der Waals surface area contributed by atoms with Crippen LogP contribution in [0, 0.1) is 5.92 Å². The smallest absolute Gasteiger partial charge is 0.162 e. The van der Waals surface area contributed by atoms with Gasteiger partial charge in [0.25, 0.3) is 0 Å². The lowest BCUT2D eigenvalue weighted by Crippen LogP contribution is -2.08. The highest BCUT2D eigenvalue weighted by Crippen LogP contribution is 2.24. The fourth-order valence-corrected chi connectivity index (χ4v) is 2.70. The molecule has 2 N–H and O–H groups in total. The minimum atomic E-state index is 0.286. The molecule has 1 atom stereocenters. The van der Waals surface area contributed by atoms with Gasteiger partial charge in [-0.25, -0.2) is 0 Å². The fourth-order valence-electron chi connectivity index (χ4n) is 2.70. The van der Waals surface area contributed by atoms with Crippen LogP contribution in [0.1, 0.15) is 54.1 Å². The van der Waals surface area contributed by atoms with E-state index in [1.807, 2.05) is 6.07 Å². The SMILES string of the molecule is CC(CCN)CCC(=O)c1ccc2c(c1)CCC2. The molecule has 98 valence electrons.